The molecule has 0 aliphatic rings. The molecule has 1 N–H and O–H groups in total. The van der Waals surface area contributed by atoms with Gasteiger partial charge in [-0.25, -0.2) is 0 Å². The van der Waals surface area contributed by atoms with Gasteiger partial charge in [0.1, 0.15) is 0 Å². The van der Waals surface area contributed by atoms with Crippen LogP contribution in [0, 0.1) is 12.8 Å². The number of benzene rings is 1. The normalized spacial score (nSPS) is 11.7. The highest BCUT2D eigenvalue weighted by Crippen LogP contribution is 2.24. The van der Waals surface area contributed by atoms with E-state index in [1.807, 2.05) is 0 Å². The van der Waals surface area contributed by atoms with Crippen molar-refractivity contribution < 1.29 is 4.74 Å². The smallest absolute Gasteiger partial charge is 0.0591 e. The molecule has 0 fully saturated rings. The topological polar surface area (TPSA) is 26.2 Å². The van der Waals surface area contributed by atoms with Gasteiger partial charge < -0.3 is 14.6 Å². The van der Waals surface area contributed by atoms with Crippen molar-refractivity contribution >= 4 is 10.9 Å². The Labute approximate surface area is 128 Å². The molecule has 0 bridgehead atoms. The van der Waals surface area contributed by atoms with Crippen LogP contribution in [0.3, 0.4) is 0 Å². The van der Waals surface area contributed by atoms with Crippen LogP contribution in [0.25, 0.3) is 10.9 Å². The molecule has 2 aromatic rings. The highest BCUT2D eigenvalue weighted by atomic mass is 16.5. The summed E-state index contributed by atoms with van der Waals surface area (Å²) in [5, 5.41) is 4.84. The fourth-order valence-electron chi connectivity index (χ4n) is 2.66. The Balaban J connectivity index is 1.81. The van der Waals surface area contributed by atoms with Crippen molar-refractivity contribution in [1.29, 1.82) is 0 Å². The van der Waals surface area contributed by atoms with Crippen LogP contribution in [0.15, 0.2) is 24.3 Å². The van der Waals surface area contributed by atoms with Gasteiger partial charge in [0.25, 0.3) is 0 Å². The Hall–Kier alpha value is -1.32. The van der Waals surface area contributed by atoms with Crippen LogP contribution in [0.4, 0.5) is 0 Å². The predicted molar refractivity (Wildman–Crippen MR) is 89.6 cm³/mol. The number of fused-ring (bicyclic) bond motifs is 1. The van der Waals surface area contributed by atoms with E-state index in [2.05, 4.69) is 62.0 Å². The summed E-state index contributed by atoms with van der Waals surface area (Å²) in [5.41, 5.74) is 4.04. The number of para-hydroxylation sites is 1. The minimum atomic E-state index is 0.719. The first-order valence-electron chi connectivity index (χ1n) is 7.92. The largest absolute Gasteiger partial charge is 0.380 e. The average Bonchev–Trinajstić information content (AvgIpc) is 2.71. The zero-order valence-electron chi connectivity index (χ0n) is 13.8. The van der Waals surface area contributed by atoms with Gasteiger partial charge in [-0.2, -0.15) is 0 Å². The lowest BCUT2D eigenvalue weighted by Crippen LogP contribution is -2.21. The predicted octanol–water partition coefficient (Wildman–Crippen LogP) is 3.64. The summed E-state index contributed by atoms with van der Waals surface area (Å²) in [5.74, 6) is 0.719. The molecule has 0 saturated carbocycles. The number of hydrogen-bond donors (Lipinski definition) is 1. The molecular formula is C18H28N2O. The molecule has 0 amide bonds. The van der Waals surface area contributed by atoms with E-state index >= 15 is 0 Å². The van der Waals surface area contributed by atoms with E-state index in [0.717, 1.165) is 38.6 Å². The maximum atomic E-state index is 5.63. The van der Waals surface area contributed by atoms with E-state index in [1.165, 1.54) is 22.2 Å². The number of nitrogens with one attached hydrogen (secondary N) is 1. The first-order valence-corrected chi connectivity index (χ1v) is 7.92. The lowest BCUT2D eigenvalue weighted by Gasteiger charge is -2.09. The van der Waals surface area contributed by atoms with E-state index in [0.29, 0.717) is 0 Å². The van der Waals surface area contributed by atoms with Crippen molar-refractivity contribution in [3.63, 3.8) is 0 Å². The minimum absolute atomic E-state index is 0.719. The van der Waals surface area contributed by atoms with Gasteiger partial charge in [0.2, 0.25) is 0 Å². The maximum Gasteiger partial charge on any atom is 0.0591 e. The van der Waals surface area contributed by atoms with Gasteiger partial charge in [-0.15, -0.1) is 0 Å². The van der Waals surface area contributed by atoms with Gasteiger partial charge in [0.15, 0.2) is 0 Å². The number of aromatic nitrogens is 1. The first kappa shape index (κ1) is 16.1. The summed E-state index contributed by atoms with van der Waals surface area (Å²) in [6.07, 6.45) is 1.14. The summed E-state index contributed by atoms with van der Waals surface area (Å²) in [6, 6.07) is 8.58. The molecule has 3 nitrogen and oxygen atoms in total. The molecule has 21 heavy (non-hydrogen) atoms. The first-order chi connectivity index (χ1) is 10.1. The van der Waals surface area contributed by atoms with Crippen LogP contribution >= 0.6 is 0 Å². The van der Waals surface area contributed by atoms with Crippen molar-refractivity contribution in [2.24, 2.45) is 13.0 Å². The van der Waals surface area contributed by atoms with Gasteiger partial charge >= 0.3 is 0 Å². The van der Waals surface area contributed by atoms with E-state index in [1.54, 1.807) is 0 Å². The number of rotatable bonds is 8. The van der Waals surface area contributed by atoms with Crippen molar-refractivity contribution in [3.05, 3.63) is 35.5 Å². The van der Waals surface area contributed by atoms with Crippen LogP contribution in [-0.4, -0.2) is 24.3 Å². The molecule has 0 atom stereocenters. The van der Waals surface area contributed by atoms with E-state index in [4.69, 9.17) is 4.74 Å². The second kappa shape index (κ2) is 7.62. The maximum absolute atomic E-state index is 5.63. The molecule has 0 unspecified atom stereocenters. The summed E-state index contributed by atoms with van der Waals surface area (Å²) in [6.45, 7) is 10.1. The van der Waals surface area contributed by atoms with Crippen LogP contribution < -0.4 is 5.32 Å². The molecule has 116 valence electrons. The molecule has 1 heterocycles. The summed E-state index contributed by atoms with van der Waals surface area (Å²) in [7, 11) is 2.14. The zero-order chi connectivity index (χ0) is 15.2. The van der Waals surface area contributed by atoms with E-state index in [-0.39, 0.29) is 0 Å². The van der Waals surface area contributed by atoms with Crippen LogP contribution in [-0.2, 0) is 18.3 Å². The molecular weight excluding hydrogens is 260 g/mol. The van der Waals surface area contributed by atoms with Gasteiger partial charge in [-0.1, -0.05) is 32.0 Å². The third kappa shape index (κ3) is 4.08. The quantitative estimate of drug-likeness (QED) is 0.751. The Kier molecular flexibility index (Phi) is 5.83. The Morgan fingerprint density at radius 1 is 1.19 bits per heavy atom. The Morgan fingerprint density at radius 2 is 1.95 bits per heavy atom. The standard InChI is InChI=1S/C18H28N2O/c1-14(2)9-11-21-12-10-19-13-18-15(3)16-7-5-6-8-17(16)20(18)4/h5-8,14,19H,9-13H2,1-4H3. The minimum Gasteiger partial charge on any atom is -0.380 e. The van der Waals surface area contributed by atoms with Crippen molar-refractivity contribution in [3.8, 4) is 0 Å². The molecule has 0 aliphatic heterocycles. The third-order valence-corrected chi connectivity index (χ3v) is 4.06. The van der Waals surface area contributed by atoms with E-state index < -0.39 is 0 Å². The van der Waals surface area contributed by atoms with Crippen LogP contribution in [0.2, 0.25) is 0 Å². The van der Waals surface area contributed by atoms with Crippen molar-refractivity contribution in [1.82, 2.24) is 9.88 Å². The molecule has 0 spiro atoms. The fraction of sp³-hybridized carbons (Fsp3) is 0.556. The Morgan fingerprint density at radius 3 is 2.67 bits per heavy atom. The number of aryl methyl sites for hydroxylation is 2. The SMILES string of the molecule is Cc1c(CNCCOCCC(C)C)n(C)c2ccccc12. The molecule has 1 aromatic heterocycles. The lowest BCUT2D eigenvalue weighted by atomic mass is 10.1. The fourth-order valence-corrected chi connectivity index (χ4v) is 2.66. The number of ether oxygens (including phenoxy) is 1. The second-order valence-electron chi connectivity index (χ2n) is 6.12. The monoisotopic (exact) mass is 288 g/mol. The van der Waals surface area contributed by atoms with Gasteiger partial charge in [0.05, 0.1) is 6.61 Å². The van der Waals surface area contributed by atoms with Crippen molar-refractivity contribution in [2.75, 3.05) is 19.8 Å². The molecule has 3 heteroatoms. The average molecular weight is 288 g/mol. The van der Waals surface area contributed by atoms with Crippen LogP contribution in [0.5, 0.6) is 0 Å². The summed E-state index contributed by atoms with van der Waals surface area (Å²) in [4.78, 5) is 0. The van der Waals surface area contributed by atoms with Crippen LogP contribution in [0.1, 0.15) is 31.5 Å². The Bertz CT molecular complexity index is 533. The zero-order valence-corrected chi connectivity index (χ0v) is 13.8. The highest BCUT2D eigenvalue weighted by Gasteiger charge is 2.10. The number of nitrogens with zero attached hydrogens (tertiary/aromatic N) is 1. The summed E-state index contributed by atoms with van der Waals surface area (Å²) < 4.78 is 7.92. The highest BCUT2D eigenvalue weighted by molar-refractivity contribution is 5.85. The molecule has 1 aromatic carbocycles. The molecule has 2 rings (SSSR count). The summed E-state index contributed by atoms with van der Waals surface area (Å²) >= 11 is 0. The molecule has 0 radical (unpaired) electrons. The molecule has 0 saturated heterocycles. The van der Waals surface area contributed by atoms with Gasteiger partial charge in [0, 0.05) is 43.3 Å². The van der Waals surface area contributed by atoms with Gasteiger partial charge in [-0.05, 0) is 30.9 Å². The molecule has 0 aliphatic carbocycles. The third-order valence-electron chi connectivity index (χ3n) is 4.06. The van der Waals surface area contributed by atoms with Gasteiger partial charge in [-0.3, -0.25) is 0 Å². The van der Waals surface area contributed by atoms with Crippen molar-refractivity contribution in [2.45, 2.75) is 33.7 Å². The lowest BCUT2D eigenvalue weighted by molar-refractivity contribution is 0.125. The second-order valence-corrected chi connectivity index (χ2v) is 6.12. The number of hydrogen-bond acceptors (Lipinski definition) is 2. The van der Waals surface area contributed by atoms with E-state index in [9.17, 15) is 0 Å².